The molecule has 0 N–H and O–H groups in total. The van der Waals surface area contributed by atoms with Crippen LogP contribution in [0.4, 0.5) is 4.39 Å². The minimum Gasteiger partial charge on any atom is -0.206 e. The van der Waals surface area contributed by atoms with Gasteiger partial charge in [0.05, 0.1) is 0 Å². The highest BCUT2D eigenvalue weighted by Crippen LogP contribution is 2.31. The van der Waals surface area contributed by atoms with Gasteiger partial charge in [-0.3, -0.25) is 0 Å². The maximum atomic E-state index is 14.7. The zero-order valence-electron chi connectivity index (χ0n) is 15.8. The minimum absolute atomic E-state index is 0.143. The Labute approximate surface area is 156 Å². The van der Waals surface area contributed by atoms with E-state index in [0.717, 1.165) is 43.2 Å². The van der Waals surface area contributed by atoms with Crippen LogP contribution in [-0.4, -0.2) is 0 Å². The van der Waals surface area contributed by atoms with E-state index in [1.165, 1.54) is 16.7 Å². The monoisotopic (exact) mass is 346 g/mol. The van der Waals surface area contributed by atoms with Crippen LogP contribution in [0, 0.1) is 5.82 Å². The third kappa shape index (κ3) is 4.40. The summed E-state index contributed by atoms with van der Waals surface area (Å²) >= 11 is 0. The molecule has 0 saturated heterocycles. The van der Waals surface area contributed by atoms with Crippen LogP contribution in [-0.2, 0) is 6.42 Å². The molecule has 0 unspecified atom stereocenters. The first-order valence-electron chi connectivity index (χ1n) is 9.60. The van der Waals surface area contributed by atoms with Crippen molar-refractivity contribution in [3.63, 3.8) is 0 Å². The normalized spacial score (nSPS) is 14.4. The molecule has 0 atom stereocenters. The highest BCUT2D eigenvalue weighted by molar-refractivity contribution is 5.73. The molecule has 1 heteroatoms. The summed E-state index contributed by atoms with van der Waals surface area (Å²) in [4.78, 5) is 0. The molecule has 0 spiro atoms. The quantitative estimate of drug-likeness (QED) is 0.475. The molecule has 1 aliphatic rings. The fourth-order valence-corrected chi connectivity index (χ4v) is 3.43. The van der Waals surface area contributed by atoms with Gasteiger partial charge in [-0.2, -0.15) is 0 Å². The second-order valence-electron chi connectivity index (χ2n) is 6.87. The average molecular weight is 346 g/mol. The minimum atomic E-state index is -0.143. The van der Waals surface area contributed by atoms with Gasteiger partial charge in [0, 0.05) is 5.56 Å². The van der Waals surface area contributed by atoms with Gasteiger partial charge in [0.15, 0.2) is 0 Å². The number of allylic oxidation sites excluding steroid dienone is 6. The van der Waals surface area contributed by atoms with Crippen LogP contribution in [0.15, 0.2) is 72.3 Å². The largest absolute Gasteiger partial charge is 0.206 e. The first kappa shape index (κ1) is 18.4. The van der Waals surface area contributed by atoms with Crippen molar-refractivity contribution < 1.29 is 4.39 Å². The lowest BCUT2D eigenvalue weighted by atomic mass is 9.90. The van der Waals surface area contributed by atoms with Crippen LogP contribution >= 0.6 is 0 Å². The van der Waals surface area contributed by atoms with Crippen molar-refractivity contribution in [2.45, 2.75) is 46.0 Å². The maximum Gasteiger partial charge on any atom is 0.131 e. The Morgan fingerprint density at radius 3 is 2.35 bits per heavy atom. The predicted octanol–water partition coefficient (Wildman–Crippen LogP) is 7.52. The van der Waals surface area contributed by atoms with Gasteiger partial charge in [-0.15, -0.1) is 0 Å². The molecule has 0 saturated carbocycles. The molecule has 0 aliphatic heterocycles. The molecule has 134 valence electrons. The molecule has 0 radical (unpaired) electrons. The second-order valence-corrected chi connectivity index (χ2v) is 6.87. The van der Waals surface area contributed by atoms with E-state index in [2.05, 4.69) is 56.4 Å². The lowest BCUT2D eigenvalue weighted by Crippen LogP contribution is -1.95. The number of hydrogen-bond acceptors (Lipinski definition) is 0. The summed E-state index contributed by atoms with van der Waals surface area (Å²) in [6.45, 7) is 4.19. The van der Waals surface area contributed by atoms with Crippen LogP contribution in [0.25, 0.3) is 16.7 Å². The molecule has 0 nitrogen and oxygen atoms in total. The van der Waals surface area contributed by atoms with Crippen molar-refractivity contribution >= 4 is 5.57 Å². The van der Waals surface area contributed by atoms with Crippen molar-refractivity contribution in [1.82, 2.24) is 0 Å². The highest BCUT2D eigenvalue weighted by atomic mass is 19.1. The van der Waals surface area contributed by atoms with E-state index in [1.54, 1.807) is 6.07 Å². The number of benzene rings is 2. The summed E-state index contributed by atoms with van der Waals surface area (Å²) < 4.78 is 14.7. The molecule has 0 bridgehead atoms. The van der Waals surface area contributed by atoms with E-state index >= 15 is 0 Å². The van der Waals surface area contributed by atoms with Gasteiger partial charge in [0.25, 0.3) is 0 Å². The van der Waals surface area contributed by atoms with Crippen LogP contribution in [0.1, 0.15) is 50.7 Å². The Morgan fingerprint density at radius 1 is 0.962 bits per heavy atom. The van der Waals surface area contributed by atoms with E-state index in [0.29, 0.717) is 5.56 Å². The van der Waals surface area contributed by atoms with Crippen LogP contribution in [0.3, 0.4) is 0 Å². The second kappa shape index (κ2) is 8.80. The Hall–Kier alpha value is -2.41. The summed E-state index contributed by atoms with van der Waals surface area (Å²) in [6, 6.07) is 13.8. The Morgan fingerprint density at radius 2 is 1.73 bits per heavy atom. The zero-order chi connectivity index (χ0) is 18.4. The summed E-state index contributed by atoms with van der Waals surface area (Å²) in [5, 5.41) is 0. The molecule has 1 aliphatic carbocycles. The van der Waals surface area contributed by atoms with E-state index in [1.807, 2.05) is 18.2 Å². The molecule has 26 heavy (non-hydrogen) atoms. The smallest absolute Gasteiger partial charge is 0.131 e. The molecular formula is C25H27F. The van der Waals surface area contributed by atoms with Crippen molar-refractivity contribution in [2.75, 3.05) is 0 Å². The van der Waals surface area contributed by atoms with E-state index < -0.39 is 0 Å². The zero-order valence-corrected chi connectivity index (χ0v) is 15.8. The van der Waals surface area contributed by atoms with E-state index in [-0.39, 0.29) is 5.82 Å². The number of rotatable bonds is 6. The third-order valence-electron chi connectivity index (χ3n) is 5.12. The third-order valence-corrected chi connectivity index (χ3v) is 5.12. The fraction of sp³-hybridized carbons (Fsp3) is 0.280. The molecule has 3 rings (SSSR count). The van der Waals surface area contributed by atoms with Crippen LogP contribution in [0.2, 0.25) is 0 Å². The molecule has 0 heterocycles. The van der Waals surface area contributed by atoms with E-state index in [9.17, 15) is 4.39 Å². The first-order valence-corrected chi connectivity index (χ1v) is 9.60. The fourth-order valence-electron chi connectivity index (χ4n) is 3.43. The predicted molar refractivity (Wildman–Crippen MR) is 111 cm³/mol. The molecule has 0 fully saturated rings. The van der Waals surface area contributed by atoms with Crippen molar-refractivity contribution in [2.24, 2.45) is 0 Å². The summed E-state index contributed by atoms with van der Waals surface area (Å²) in [5.74, 6) is -0.143. The van der Waals surface area contributed by atoms with E-state index in [4.69, 9.17) is 0 Å². The van der Waals surface area contributed by atoms with Crippen molar-refractivity contribution in [1.29, 1.82) is 0 Å². The number of aryl methyl sites for hydroxylation is 1. The lowest BCUT2D eigenvalue weighted by molar-refractivity contribution is 0.630. The summed E-state index contributed by atoms with van der Waals surface area (Å²) in [5.41, 5.74) is 6.60. The average Bonchev–Trinajstić information content (AvgIpc) is 2.69. The molecule has 2 aromatic carbocycles. The number of halogens is 1. The molecular weight excluding hydrogens is 319 g/mol. The number of hydrogen-bond donors (Lipinski definition) is 0. The van der Waals surface area contributed by atoms with Gasteiger partial charge in [-0.1, -0.05) is 73.2 Å². The lowest BCUT2D eigenvalue weighted by Gasteiger charge is -2.15. The van der Waals surface area contributed by atoms with Crippen LogP contribution in [0.5, 0.6) is 0 Å². The Balaban J connectivity index is 1.77. The van der Waals surface area contributed by atoms with Gasteiger partial charge < -0.3 is 0 Å². The van der Waals surface area contributed by atoms with Gasteiger partial charge in [-0.25, -0.2) is 4.39 Å². The standard InChI is InChI=1S/C25H27F/c1-3-5-6-7-20-10-12-21(13-11-20)23-16-17-24(25(26)18-23)22-14-8-19(4-2)9-15-22/h3,5,8-10,12,14-18H,4,6-7,11,13H2,1-2H3/b5-3+. The van der Waals surface area contributed by atoms with Crippen molar-refractivity contribution in [3.05, 3.63) is 89.3 Å². The molecule has 0 amide bonds. The summed E-state index contributed by atoms with van der Waals surface area (Å²) in [7, 11) is 0. The molecule has 0 aromatic heterocycles. The van der Waals surface area contributed by atoms with Gasteiger partial charge in [0.2, 0.25) is 0 Å². The molecule has 2 aromatic rings. The van der Waals surface area contributed by atoms with Crippen molar-refractivity contribution in [3.8, 4) is 11.1 Å². The maximum absolute atomic E-state index is 14.7. The Bertz CT molecular complexity index is 835. The summed E-state index contributed by atoms with van der Waals surface area (Å²) in [6.07, 6.45) is 14.0. The Kier molecular flexibility index (Phi) is 6.22. The van der Waals surface area contributed by atoms with Gasteiger partial charge in [-0.05, 0) is 67.4 Å². The van der Waals surface area contributed by atoms with Gasteiger partial charge in [0.1, 0.15) is 5.82 Å². The topological polar surface area (TPSA) is 0 Å². The SMILES string of the molecule is C/C=C/CCC1=CC=C(c2ccc(-c3ccc(CC)cc3)c(F)c2)CC1. The first-order chi connectivity index (χ1) is 12.7. The van der Waals surface area contributed by atoms with Crippen LogP contribution < -0.4 is 0 Å². The highest BCUT2D eigenvalue weighted by Gasteiger charge is 2.11. The van der Waals surface area contributed by atoms with Gasteiger partial charge >= 0.3 is 0 Å².